The van der Waals surface area contributed by atoms with Crippen molar-refractivity contribution in [3.8, 4) is 0 Å². The summed E-state index contributed by atoms with van der Waals surface area (Å²) in [6, 6.07) is 0.514. The van der Waals surface area contributed by atoms with E-state index >= 15 is 0 Å². The van der Waals surface area contributed by atoms with Crippen LogP contribution in [0.5, 0.6) is 0 Å². The molecule has 5 aliphatic rings. The number of hydrogen-bond acceptors (Lipinski definition) is 1. The SMILES string of the molecule is CCC1CCC(C(N)C23CC4CC(CC(C)(C4)C2)C3)CC1. The molecule has 0 aromatic rings. The van der Waals surface area contributed by atoms with E-state index in [0.29, 0.717) is 16.9 Å². The summed E-state index contributed by atoms with van der Waals surface area (Å²) < 4.78 is 0. The molecule has 1 heteroatoms. The lowest BCUT2D eigenvalue weighted by atomic mass is 9.42. The first kappa shape index (κ1) is 14.5. The topological polar surface area (TPSA) is 26.0 Å². The molecule has 5 saturated carbocycles. The van der Waals surface area contributed by atoms with Gasteiger partial charge in [0, 0.05) is 6.04 Å². The Labute approximate surface area is 131 Å². The van der Waals surface area contributed by atoms with E-state index in [9.17, 15) is 0 Å². The first-order valence-electron chi connectivity index (χ1n) is 9.77. The van der Waals surface area contributed by atoms with Crippen molar-refractivity contribution < 1.29 is 0 Å². The smallest absolute Gasteiger partial charge is 0.0124 e. The van der Waals surface area contributed by atoms with Crippen LogP contribution in [0.15, 0.2) is 0 Å². The van der Waals surface area contributed by atoms with Crippen LogP contribution in [0.4, 0.5) is 0 Å². The molecule has 0 radical (unpaired) electrons. The maximum absolute atomic E-state index is 6.99. The molecule has 0 aliphatic heterocycles. The van der Waals surface area contributed by atoms with Crippen LogP contribution < -0.4 is 5.73 Å². The molecular formula is C20H35N. The fourth-order valence-corrected chi connectivity index (χ4v) is 7.64. The van der Waals surface area contributed by atoms with E-state index in [2.05, 4.69) is 13.8 Å². The Kier molecular flexibility index (Phi) is 3.45. The van der Waals surface area contributed by atoms with E-state index in [4.69, 9.17) is 5.73 Å². The van der Waals surface area contributed by atoms with Gasteiger partial charge >= 0.3 is 0 Å². The number of hydrogen-bond donors (Lipinski definition) is 1. The van der Waals surface area contributed by atoms with Crippen LogP contribution in [-0.2, 0) is 0 Å². The first-order chi connectivity index (χ1) is 10.0. The molecular weight excluding hydrogens is 254 g/mol. The highest BCUT2D eigenvalue weighted by molar-refractivity contribution is 5.10. The monoisotopic (exact) mass is 289 g/mol. The predicted molar refractivity (Wildman–Crippen MR) is 88.9 cm³/mol. The molecule has 3 unspecified atom stereocenters. The molecule has 120 valence electrons. The van der Waals surface area contributed by atoms with E-state index in [1.54, 1.807) is 0 Å². The van der Waals surface area contributed by atoms with E-state index in [-0.39, 0.29) is 0 Å². The summed E-state index contributed by atoms with van der Waals surface area (Å²) in [5.74, 6) is 3.89. The van der Waals surface area contributed by atoms with Crippen molar-refractivity contribution in [3.63, 3.8) is 0 Å². The van der Waals surface area contributed by atoms with Gasteiger partial charge in [0.1, 0.15) is 0 Å². The molecule has 5 rings (SSSR count). The molecule has 0 aromatic heterocycles. The highest BCUT2D eigenvalue weighted by atomic mass is 14.8. The second-order valence-electron chi connectivity index (χ2n) is 9.85. The van der Waals surface area contributed by atoms with Crippen molar-refractivity contribution in [2.75, 3.05) is 0 Å². The molecule has 0 aromatic carbocycles. The van der Waals surface area contributed by atoms with Crippen molar-refractivity contribution in [2.24, 2.45) is 40.2 Å². The van der Waals surface area contributed by atoms with Crippen LogP contribution >= 0.6 is 0 Å². The van der Waals surface area contributed by atoms with Gasteiger partial charge in [0.25, 0.3) is 0 Å². The minimum atomic E-state index is 0.514. The van der Waals surface area contributed by atoms with Crippen molar-refractivity contribution >= 4 is 0 Å². The van der Waals surface area contributed by atoms with Crippen molar-refractivity contribution in [1.29, 1.82) is 0 Å². The van der Waals surface area contributed by atoms with Crippen LogP contribution in [0, 0.1) is 34.5 Å². The second kappa shape index (κ2) is 4.98. The van der Waals surface area contributed by atoms with E-state index in [0.717, 1.165) is 23.7 Å². The standard InChI is InChI=1S/C20H35N/c1-3-14-4-6-17(7-5-14)18(21)20-11-15-8-16(12-20)10-19(2,9-15)13-20/h14-18H,3-13,21H2,1-2H3. The van der Waals surface area contributed by atoms with Crippen LogP contribution in [0.25, 0.3) is 0 Å². The largest absolute Gasteiger partial charge is 0.327 e. The Bertz CT molecular complexity index is 379. The zero-order valence-corrected chi connectivity index (χ0v) is 14.2. The van der Waals surface area contributed by atoms with Crippen molar-refractivity contribution in [3.05, 3.63) is 0 Å². The van der Waals surface area contributed by atoms with Gasteiger partial charge in [-0.3, -0.25) is 0 Å². The molecule has 5 fully saturated rings. The van der Waals surface area contributed by atoms with Crippen LogP contribution in [-0.4, -0.2) is 6.04 Å². The average Bonchev–Trinajstić information content (AvgIpc) is 2.44. The number of rotatable bonds is 3. The van der Waals surface area contributed by atoms with Gasteiger partial charge in [-0.1, -0.05) is 33.1 Å². The quantitative estimate of drug-likeness (QED) is 0.765. The number of nitrogens with two attached hydrogens (primary N) is 1. The maximum atomic E-state index is 6.99. The summed E-state index contributed by atoms with van der Waals surface area (Å²) in [6.45, 7) is 4.95. The van der Waals surface area contributed by atoms with Crippen molar-refractivity contribution in [1.82, 2.24) is 0 Å². The first-order valence-corrected chi connectivity index (χ1v) is 9.77. The Morgan fingerprint density at radius 2 is 1.62 bits per heavy atom. The predicted octanol–water partition coefficient (Wildman–Crippen LogP) is 5.14. The molecule has 1 nitrogen and oxygen atoms in total. The zero-order valence-electron chi connectivity index (χ0n) is 14.2. The Morgan fingerprint density at radius 1 is 1.00 bits per heavy atom. The average molecular weight is 290 g/mol. The third-order valence-electron chi connectivity index (χ3n) is 8.08. The molecule has 2 N–H and O–H groups in total. The molecule has 5 aliphatic carbocycles. The van der Waals surface area contributed by atoms with Crippen LogP contribution in [0.2, 0.25) is 0 Å². The lowest BCUT2D eigenvalue weighted by Crippen LogP contribution is -2.59. The summed E-state index contributed by atoms with van der Waals surface area (Å²) in [5.41, 5.74) is 8.19. The van der Waals surface area contributed by atoms with Gasteiger partial charge in [-0.2, -0.15) is 0 Å². The summed E-state index contributed by atoms with van der Waals surface area (Å²) in [4.78, 5) is 0. The summed E-state index contributed by atoms with van der Waals surface area (Å²) >= 11 is 0. The van der Waals surface area contributed by atoms with E-state index in [1.165, 1.54) is 70.6 Å². The minimum Gasteiger partial charge on any atom is -0.327 e. The molecule has 0 amide bonds. The Morgan fingerprint density at radius 3 is 2.14 bits per heavy atom. The molecule has 0 heterocycles. The fraction of sp³-hybridized carbons (Fsp3) is 1.00. The van der Waals surface area contributed by atoms with Gasteiger partial charge in [0.15, 0.2) is 0 Å². The third kappa shape index (κ3) is 2.38. The van der Waals surface area contributed by atoms with Gasteiger partial charge in [0.05, 0.1) is 0 Å². The normalized spacial score (nSPS) is 53.9. The Hall–Kier alpha value is -0.0400. The molecule has 3 atom stereocenters. The molecule has 21 heavy (non-hydrogen) atoms. The van der Waals surface area contributed by atoms with Gasteiger partial charge in [-0.25, -0.2) is 0 Å². The molecule has 4 bridgehead atoms. The third-order valence-corrected chi connectivity index (χ3v) is 8.08. The van der Waals surface area contributed by atoms with E-state index < -0.39 is 0 Å². The molecule has 0 saturated heterocycles. The van der Waals surface area contributed by atoms with Crippen LogP contribution in [0.3, 0.4) is 0 Å². The van der Waals surface area contributed by atoms with Crippen molar-refractivity contribution in [2.45, 2.75) is 90.5 Å². The van der Waals surface area contributed by atoms with Gasteiger partial charge in [-0.15, -0.1) is 0 Å². The highest BCUT2D eigenvalue weighted by Gasteiger charge is 2.58. The van der Waals surface area contributed by atoms with Gasteiger partial charge in [0.2, 0.25) is 0 Å². The Balaban J connectivity index is 1.50. The fourth-order valence-electron chi connectivity index (χ4n) is 7.64. The van der Waals surface area contributed by atoms with Crippen LogP contribution in [0.1, 0.15) is 84.5 Å². The summed E-state index contributed by atoms with van der Waals surface area (Å²) in [5, 5.41) is 0. The zero-order chi connectivity index (χ0) is 14.7. The van der Waals surface area contributed by atoms with E-state index in [1.807, 2.05) is 0 Å². The maximum Gasteiger partial charge on any atom is 0.0124 e. The lowest BCUT2D eigenvalue weighted by Gasteiger charge is -2.64. The summed E-state index contributed by atoms with van der Waals surface area (Å²) in [7, 11) is 0. The van der Waals surface area contributed by atoms with Gasteiger partial charge in [-0.05, 0) is 85.9 Å². The van der Waals surface area contributed by atoms with Gasteiger partial charge < -0.3 is 5.73 Å². The molecule has 0 spiro atoms. The lowest BCUT2D eigenvalue weighted by molar-refractivity contribution is -0.122. The summed E-state index contributed by atoms with van der Waals surface area (Å²) in [6.07, 6.45) is 16.1. The highest BCUT2D eigenvalue weighted by Crippen LogP contribution is 2.66. The minimum absolute atomic E-state index is 0.514. The second-order valence-corrected chi connectivity index (χ2v) is 9.85.